The summed E-state index contributed by atoms with van der Waals surface area (Å²) >= 11 is 0. The first-order valence-electron chi connectivity index (χ1n) is 10.3. The number of allylic oxidation sites excluding steroid dienone is 2. The Kier molecular flexibility index (Phi) is 5.03. The van der Waals surface area contributed by atoms with Gasteiger partial charge in [-0.3, -0.25) is 9.67 Å². The molecule has 1 aromatic carbocycles. The van der Waals surface area contributed by atoms with Crippen molar-refractivity contribution in [1.29, 1.82) is 0 Å². The summed E-state index contributed by atoms with van der Waals surface area (Å²) in [5, 5.41) is 4.69. The molecule has 7 heteroatoms. The molecule has 1 atom stereocenters. The first-order valence-corrected chi connectivity index (χ1v) is 10.3. The van der Waals surface area contributed by atoms with Crippen LogP contribution in [0.4, 0.5) is 13.2 Å². The summed E-state index contributed by atoms with van der Waals surface area (Å²) in [6.45, 7) is 10.9. The van der Waals surface area contributed by atoms with E-state index in [4.69, 9.17) is 15.1 Å². The van der Waals surface area contributed by atoms with Crippen molar-refractivity contribution >= 4 is 17.1 Å². The number of aryl methyl sites for hydroxylation is 1. The Morgan fingerprint density at radius 1 is 1.06 bits per heavy atom. The Morgan fingerprint density at radius 2 is 1.77 bits per heavy atom. The van der Waals surface area contributed by atoms with E-state index in [-0.39, 0.29) is 17.0 Å². The molecule has 1 aliphatic heterocycles. The lowest BCUT2D eigenvalue weighted by Gasteiger charge is -2.19. The van der Waals surface area contributed by atoms with Gasteiger partial charge in [0.1, 0.15) is 11.7 Å². The number of benzene rings is 1. The summed E-state index contributed by atoms with van der Waals surface area (Å²) in [7, 11) is 0. The fourth-order valence-corrected chi connectivity index (χ4v) is 3.84. The maximum absolute atomic E-state index is 13.5. The number of hydrogen-bond donors (Lipinski definition) is 0. The van der Waals surface area contributed by atoms with Crippen molar-refractivity contribution in [3.8, 4) is 0 Å². The van der Waals surface area contributed by atoms with E-state index in [1.807, 2.05) is 24.6 Å². The van der Waals surface area contributed by atoms with Crippen LogP contribution in [-0.2, 0) is 18.1 Å². The number of aliphatic imine (C=N–C) groups is 2. The van der Waals surface area contributed by atoms with Crippen LogP contribution in [0.25, 0.3) is 5.57 Å². The van der Waals surface area contributed by atoms with Gasteiger partial charge in [0.05, 0.1) is 17.0 Å². The predicted molar refractivity (Wildman–Crippen MR) is 118 cm³/mol. The molecule has 0 saturated heterocycles. The highest BCUT2D eigenvalue weighted by molar-refractivity contribution is 6.20. The SMILES string of the molecule is CCn1nc(C(C)(C)C)cc1C1=NC2C(C)=CC(c3ccccc3C(F)(F)F)=CC2=N1. The second-order valence-electron chi connectivity index (χ2n) is 8.90. The number of nitrogens with zero attached hydrogens (tertiary/aromatic N) is 4. The lowest BCUT2D eigenvalue weighted by molar-refractivity contribution is -0.137. The van der Waals surface area contributed by atoms with Crippen molar-refractivity contribution in [2.75, 3.05) is 0 Å². The van der Waals surface area contributed by atoms with Crippen LogP contribution in [0.15, 0.2) is 58.0 Å². The monoisotopic (exact) mass is 426 g/mol. The molecule has 4 nitrogen and oxygen atoms in total. The van der Waals surface area contributed by atoms with Crippen LogP contribution in [-0.4, -0.2) is 27.4 Å². The molecule has 0 radical (unpaired) electrons. The van der Waals surface area contributed by atoms with Crippen LogP contribution in [0.5, 0.6) is 0 Å². The van der Waals surface area contributed by atoms with E-state index in [0.29, 0.717) is 23.7 Å². The average Bonchev–Trinajstić information content (AvgIpc) is 3.31. The van der Waals surface area contributed by atoms with E-state index in [1.54, 1.807) is 18.2 Å². The van der Waals surface area contributed by atoms with E-state index in [1.165, 1.54) is 12.1 Å². The first kappa shape index (κ1) is 21.3. The van der Waals surface area contributed by atoms with E-state index < -0.39 is 11.7 Å². The molecule has 1 unspecified atom stereocenters. The maximum Gasteiger partial charge on any atom is 0.417 e. The van der Waals surface area contributed by atoms with Gasteiger partial charge in [-0.05, 0) is 48.8 Å². The van der Waals surface area contributed by atoms with Crippen LogP contribution in [0.1, 0.15) is 57.1 Å². The minimum absolute atomic E-state index is 0.113. The van der Waals surface area contributed by atoms with Crippen molar-refractivity contribution in [3.05, 3.63) is 70.6 Å². The second-order valence-corrected chi connectivity index (χ2v) is 8.90. The van der Waals surface area contributed by atoms with E-state index >= 15 is 0 Å². The molecule has 162 valence electrons. The topological polar surface area (TPSA) is 42.5 Å². The normalized spacial score (nSPS) is 18.9. The van der Waals surface area contributed by atoms with Crippen molar-refractivity contribution in [2.45, 2.75) is 58.8 Å². The number of alkyl halides is 3. The van der Waals surface area contributed by atoms with Crippen LogP contribution >= 0.6 is 0 Å². The summed E-state index contributed by atoms with van der Waals surface area (Å²) in [6.07, 6.45) is -0.930. The van der Waals surface area contributed by atoms with Gasteiger partial charge in [-0.15, -0.1) is 0 Å². The van der Waals surface area contributed by atoms with E-state index in [0.717, 1.165) is 23.0 Å². The molecule has 2 aromatic rings. The molecular formula is C24H25F3N4. The van der Waals surface area contributed by atoms with Gasteiger partial charge in [0, 0.05) is 12.0 Å². The molecular weight excluding hydrogens is 401 g/mol. The fraction of sp³-hybridized carbons (Fsp3) is 0.375. The van der Waals surface area contributed by atoms with Gasteiger partial charge in [-0.25, -0.2) is 4.99 Å². The number of fused-ring (bicyclic) bond motifs is 1. The maximum atomic E-state index is 13.5. The number of rotatable bonds is 3. The summed E-state index contributed by atoms with van der Waals surface area (Å²) in [5.74, 6) is 0.569. The Morgan fingerprint density at radius 3 is 2.42 bits per heavy atom. The van der Waals surface area contributed by atoms with Crippen LogP contribution in [0, 0.1) is 0 Å². The molecule has 0 N–H and O–H groups in total. The molecule has 1 aliphatic carbocycles. The zero-order valence-electron chi connectivity index (χ0n) is 18.2. The zero-order valence-corrected chi connectivity index (χ0v) is 18.2. The van der Waals surface area contributed by atoms with Gasteiger partial charge in [-0.1, -0.05) is 45.0 Å². The molecule has 0 fully saturated rings. The standard InChI is InChI=1S/C24H25F3N4/c1-6-31-19(13-20(30-31)23(3,4)5)22-28-18-12-15(11-14(2)21(18)29-22)16-9-7-8-10-17(16)24(25,26)27/h7-13,21H,6H2,1-5H3. The fourth-order valence-electron chi connectivity index (χ4n) is 3.84. The van der Waals surface area contributed by atoms with Gasteiger partial charge in [0.15, 0.2) is 5.84 Å². The van der Waals surface area contributed by atoms with Crippen LogP contribution < -0.4 is 0 Å². The third kappa shape index (κ3) is 3.89. The van der Waals surface area contributed by atoms with Crippen molar-refractivity contribution in [3.63, 3.8) is 0 Å². The Bertz CT molecular complexity index is 1150. The summed E-state index contributed by atoms with van der Waals surface area (Å²) in [5.41, 5.74) is 3.18. The highest BCUT2D eigenvalue weighted by atomic mass is 19.4. The molecule has 31 heavy (non-hydrogen) atoms. The molecule has 4 rings (SSSR count). The minimum Gasteiger partial charge on any atom is -0.262 e. The number of amidine groups is 1. The predicted octanol–water partition coefficient (Wildman–Crippen LogP) is 5.83. The Labute approximate surface area is 179 Å². The number of aromatic nitrogens is 2. The van der Waals surface area contributed by atoms with Crippen LogP contribution in [0.2, 0.25) is 0 Å². The first-order chi connectivity index (χ1) is 14.5. The summed E-state index contributed by atoms with van der Waals surface area (Å²) in [4.78, 5) is 9.49. The van der Waals surface area contributed by atoms with E-state index in [9.17, 15) is 13.2 Å². The van der Waals surface area contributed by atoms with Gasteiger partial charge in [0.25, 0.3) is 0 Å². The quantitative estimate of drug-likeness (QED) is 0.609. The zero-order chi connectivity index (χ0) is 22.6. The third-order valence-corrected chi connectivity index (χ3v) is 5.50. The Hall–Kier alpha value is -2.96. The van der Waals surface area contributed by atoms with Crippen molar-refractivity contribution in [2.24, 2.45) is 9.98 Å². The van der Waals surface area contributed by atoms with Gasteiger partial charge < -0.3 is 0 Å². The van der Waals surface area contributed by atoms with Gasteiger partial charge >= 0.3 is 6.18 Å². The highest BCUT2D eigenvalue weighted by Gasteiger charge is 2.35. The van der Waals surface area contributed by atoms with Crippen molar-refractivity contribution in [1.82, 2.24) is 9.78 Å². The third-order valence-electron chi connectivity index (χ3n) is 5.50. The molecule has 0 bridgehead atoms. The molecule has 0 saturated carbocycles. The second kappa shape index (κ2) is 7.32. The van der Waals surface area contributed by atoms with Crippen molar-refractivity contribution < 1.29 is 13.2 Å². The summed E-state index contributed by atoms with van der Waals surface area (Å²) < 4.78 is 42.4. The highest BCUT2D eigenvalue weighted by Crippen LogP contribution is 2.38. The van der Waals surface area contributed by atoms with E-state index in [2.05, 4.69) is 20.8 Å². The van der Waals surface area contributed by atoms with Gasteiger partial charge in [0.2, 0.25) is 0 Å². The number of halogens is 3. The molecule has 0 spiro atoms. The van der Waals surface area contributed by atoms with Gasteiger partial charge in [-0.2, -0.15) is 18.3 Å². The summed E-state index contributed by atoms with van der Waals surface area (Å²) in [6, 6.07) is 7.35. The largest absolute Gasteiger partial charge is 0.417 e. The molecule has 2 heterocycles. The molecule has 2 aliphatic rings. The van der Waals surface area contributed by atoms with Crippen LogP contribution in [0.3, 0.4) is 0 Å². The molecule has 0 amide bonds. The average molecular weight is 426 g/mol. The number of hydrogen-bond acceptors (Lipinski definition) is 3. The Balaban J connectivity index is 1.77. The smallest absolute Gasteiger partial charge is 0.262 e. The minimum atomic E-state index is -4.42. The lowest BCUT2D eigenvalue weighted by Crippen LogP contribution is -2.19. The molecule has 1 aromatic heterocycles. The lowest BCUT2D eigenvalue weighted by atomic mass is 9.89.